The summed E-state index contributed by atoms with van der Waals surface area (Å²) >= 11 is 1.21. The van der Waals surface area contributed by atoms with E-state index in [0.717, 1.165) is 11.1 Å². The number of ketones is 1. The van der Waals surface area contributed by atoms with E-state index >= 15 is 0 Å². The van der Waals surface area contributed by atoms with Crippen molar-refractivity contribution in [1.82, 2.24) is 31.6 Å². The van der Waals surface area contributed by atoms with Crippen molar-refractivity contribution in [3.8, 4) is 0 Å². The van der Waals surface area contributed by atoms with Crippen molar-refractivity contribution in [2.75, 3.05) is 26.2 Å². The van der Waals surface area contributed by atoms with Crippen LogP contribution < -0.4 is 38.1 Å². The van der Waals surface area contributed by atoms with Crippen molar-refractivity contribution < 1.29 is 24.0 Å². The maximum Gasteiger partial charge on any atom is 0.243 e. The number of nitrogens with two attached hydrogens (primary N) is 2. The Morgan fingerprint density at radius 3 is 2.33 bits per heavy atom. The number of benzene rings is 1. The van der Waals surface area contributed by atoms with E-state index in [2.05, 4.69) is 31.6 Å². The zero-order valence-electron chi connectivity index (χ0n) is 22.4. The van der Waals surface area contributed by atoms with Crippen LogP contribution in [0.25, 0.3) is 10.2 Å². The van der Waals surface area contributed by atoms with Crippen LogP contribution in [0.4, 0.5) is 0 Å². The lowest BCUT2D eigenvalue weighted by Gasteiger charge is -2.20. The molecule has 40 heavy (non-hydrogen) atoms. The molecule has 0 aliphatic rings. The zero-order valence-corrected chi connectivity index (χ0v) is 23.2. The Labute approximate surface area is 235 Å². The number of nitrogens with one attached hydrogen (secondary N) is 6. The van der Waals surface area contributed by atoms with Gasteiger partial charge < -0.3 is 38.1 Å². The molecule has 218 valence electrons. The van der Waals surface area contributed by atoms with Gasteiger partial charge in [0.1, 0.15) is 6.04 Å². The van der Waals surface area contributed by atoms with Gasteiger partial charge in [-0.05, 0) is 44.4 Å². The van der Waals surface area contributed by atoms with Gasteiger partial charge in [-0.1, -0.05) is 19.1 Å². The normalized spacial score (nSPS) is 12.2. The van der Waals surface area contributed by atoms with Gasteiger partial charge in [0.15, 0.2) is 11.0 Å². The summed E-state index contributed by atoms with van der Waals surface area (Å²) in [6.45, 7) is 2.40. The van der Waals surface area contributed by atoms with Gasteiger partial charge in [-0.3, -0.25) is 29.4 Å². The minimum Gasteiger partial charge on any atom is -0.370 e. The van der Waals surface area contributed by atoms with Crippen LogP contribution in [-0.4, -0.2) is 78.6 Å². The number of fused-ring (bicyclic) bond motifs is 1. The Morgan fingerprint density at radius 2 is 1.65 bits per heavy atom. The van der Waals surface area contributed by atoms with Crippen molar-refractivity contribution >= 4 is 56.9 Å². The highest BCUT2D eigenvalue weighted by atomic mass is 32.1. The van der Waals surface area contributed by atoms with E-state index in [4.69, 9.17) is 16.9 Å². The number of hydrogen-bond donors (Lipinski definition) is 8. The quantitative estimate of drug-likeness (QED) is 0.0475. The minimum absolute atomic E-state index is 0.0112. The number of Topliss-reactive ketones (excluding diaryl/α,β-unsaturated/α-hetero) is 1. The molecule has 0 aliphatic carbocycles. The second-order valence-electron chi connectivity index (χ2n) is 8.97. The van der Waals surface area contributed by atoms with Crippen LogP contribution in [0.3, 0.4) is 0 Å². The summed E-state index contributed by atoms with van der Waals surface area (Å²) in [5, 5.41) is 20.7. The standard InChI is InChI=1S/C25H37N9O5S/c1-2-11-29-13-20(36)33-17(9-10-19(26)35)23(39)31-14-21(37)32-16(7-5-12-30-25(27)28)22(38)24-34-15-6-3-4-8-18(15)40-24/h3-4,6,8,16-17,29H,2,5,7,9-14H2,1H3,(H2,26,35)(H,31,39)(H,32,37)(H,33,36)(H4,27,28,30). The second-order valence-corrected chi connectivity index (χ2v) is 10.0. The number of nitrogens with zero attached hydrogens (tertiary/aromatic N) is 1. The molecule has 14 nitrogen and oxygen atoms in total. The smallest absolute Gasteiger partial charge is 0.243 e. The predicted molar refractivity (Wildman–Crippen MR) is 152 cm³/mol. The summed E-state index contributed by atoms with van der Waals surface area (Å²) in [4.78, 5) is 66.6. The van der Waals surface area contributed by atoms with Gasteiger partial charge in [0, 0.05) is 13.0 Å². The van der Waals surface area contributed by atoms with Crippen molar-refractivity contribution in [2.45, 2.75) is 51.1 Å². The van der Waals surface area contributed by atoms with Gasteiger partial charge in [-0.2, -0.15) is 0 Å². The molecule has 1 heterocycles. The molecule has 0 saturated carbocycles. The number of guanidine groups is 1. The number of hydrogen-bond acceptors (Lipinski definition) is 9. The number of thiazole rings is 1. The molecule has 2 aromatic rings. The monoisotopic (exact) mass is 575 g/mol. The minimum atomic E-state index is -1.07. The van der Waals surface area contributed by atoms with Crippen molar-refractivity contribution in [2.24, 2.45) is 11.5 Å². The molecule has 15 heteroatoms. The number of rotatable bonds is 18. The molecule has 2 atom stereocenters. The van der Waals surface area contributed by atoms with E-state index in [1.54, 1.807) is 6.07 Å². The van der Waals surface area contributed by atoms with Crippen LogP contribution in [0.5, 0.6) is 0 Å². The van der Waals surface area contributed by atoms with Crippen LogP contribution in [-0.2, 0) is 19.2 Å². The van der Waals surface area contributed by atoms with E-state index in [-0.39, 0.29) is 42.6 Å². The number of carbonyl (C=O) groups excluding carboxylic acids is 5. The van der Waals surface area contributed by atoms with Gasteiger partial charge in [0.05, 0.1) is 29.3 Å². The lowest BCUT2D eigenvalue weighted by molar-refractivity contribution is -0.130. The predicted octanol–water partition coefficient (Wildman–Crippen LogP) is -0.907. The molecule has 0 radical (unpaired) electrons. The maximum atomic E-state index is 13.3. The summed E-state index contributed by atoms with van der Waals surface area (Å²) < 4.78 is 0.829. The molecule has 0 saturated heterocycles. The fraction of sp³-hybridized carbons (Fsp3) is 0.480. The zero-order chi connectivity index (χ0) is 29.5. The summed E-state index contributed by atoms with van der Waals surface area (Å²) in [7, 11) is 0. The van der Waals surface area contributed by atoms with Crippen molar-refractivity contribution in [3.05, 3.63) is 29.3 Å². The first-order chi connectivity index (χ1) is 19.1. The van der Waals surface area contributed by atoms with Crippen LogP contribution in [0.1, 0.15) is 48.8 Å². The lowest BCUT2D eigenvalue weighted by atomic mass is 10.1. The molecule has 4 amide bonds. The highest BCUT2D eigenvalue weighted by Gasteiger charge is 2.26. The van der Waals surface area contributed by atoms with Crippen molar-refractivity contribution in [1.29, 1.82) is 5.41 Å². The van der Waals surface area contributed by atoms with Crippen molar-refractivity contribution in [3.63, 3.8) is 0 Å². The first-order valence-corrected chi connectivity index (χ1v) is 13.8. The Hall–Kier alpha value is -4.11. The van der Waals surface area contributed by atoms with Gasteiger partial charge in [-0.15, -0.1) is 11.3 Å². The Kier molecular flexibility index (Phi) is 13.5. The highest BCUT2D eigenvalue weighted by Crippen LogP contribution is 2.23. The van der Waals surface area contributed by atoms with Gasteiger partial charge in [0.25, 0.3) is 0 Å². The number of aromatic nitrogens is 1. The average molecular weight is 576 g/mol. The van der Waals surface area contributed by atoms with Crippen LogP contribution in [0.15, 0.2) is 24.3 Å². The molecule has 10 N–H and O–H groups in total. The summed E-state index contributed by atoms with van der Waals surface area (Å²) in [6, 6.07) is 5.27. The molecule has 0 bridgehead atoms. The molecule has 1 aromatic heterocycles. The molecule has 2 rings (SSSR count). The first-order valence-electron chi connectivity index (χ1n) is 12.9. The topological polar surface area (TPSA) is 234 Å². The molecule has 0 aliphatic heterocycles. The first kappa shape index (κ1) is 32.1. The number of carbonyl (C=O) groups is 5. The number of amides is 4. The average Bonchev–Trinajstić information content (AvgIpc) is 3.35. The molecule has 0 spiro atoms. The Morgan fingerprint density at radius 1 is 0.950 bits per heavy atom. The summed E-state index contributed by atoms with van der Waals surface area (Å²) in [6.07, 6.45) is 1.30. The SMILES string of the molecule is CCCNCC(=O)NC(CCC(N)=O)C(=O)NCC(=O)NC(CCCNC(=N)N)C(=O)c1nc2ccccc2s1. The van der Waals surface area contributed by atoms with E-state index in [1.165, 1.54) is 11.3 Å². The van der Waals surface area contributed by atoms with E-state index in [9.17, 15) is 24.0 Å². The lowest BCUT2D eigenvalue weighted by Crippen LogP contribution is -2.52. The van der Waals surface area contributed by atoms with Crippen LogP contribution >= 0.6 is 11.3 Å². The Balaban J connectivity index is 2.02. The second kappa shape index (κ2) is 16.8. The third-order valence-corrected chi connectivity index (χ3v) is 6.66. The Bertz CT molecular complexity index is 1170. The van der Waals surface area contributed by atoms with Crippen LogP contribution in [0.2, 0.25) is 0 Å². The molecule has 1 aromatic carbocycles. The maximum absolute atomic E-state index is 13.3. The number of para-hydroxylation sites is 1. The third kappa shape index (κ3) is 11.3. The van der Waals surface area contributed by atoms with Gasteiger partial charge in [0.2, 0.25) is 29.4 Å². The summed E-state index contributed by atoms with van der Waals surface area (Å²) in [5.41, 5.74) is 11.2. The highest BCUT2D eigenvalue weighted by molar-refractivity contribution is 7.20. The molecule has 0 fully saturated rings. The third-order valence-electron chi connectivity index (χ3n) is 5.61. The van der Waals surface area contributed by atoms with E-state index in [0.29, 0.717) is 25.0 Å². The summed E-state index contributed by atoms with van der Waals surface area (Å²) in [5.74, 6) is -2.96. The number of primary amides is 1. The van der Waals surface area contributed by atoms with Gasteiger partial charge >= 0.3 is 0 Å². The molecule has 2 unspecified atom stereocenters. The van der Waals surface area contributed by atoms with E-state index < -0.39 is 42.3 Å². The van der Waals surface area contributed by atoms with Gasteiger partial charge in [-0.25, -0.2) is 4.98 Å². The molecular weight excluding hydrogens is 538 g/mol. The molecular formula is C25H37N9O5S. The van der Waals surface area contributed by atoms with E-state index in [1.807, 2.05) is 25.1 Å². The van der Waals surface area contributed by atoms with Crippen LogP contribution in [0, 0.1) is 5.41 Å². The largest absolute Gasteiger partial charge is 0.370 e. The fourth-order valence-electron chi connectivity index (χ4n) is 3.64. The fourth-order valence-corrected chi connectivity index (χ4v) is 4.60.